The number of anilines is 1. The second-order valence-electron chi connectivity index (χ2n) is 8.54. The van der Waals surface area contributed by atoms with Crippen LogP contribution in [0.4, 0.5) is 18.9 Å². The molecule has 1 saturated heterocycles. The van der Waals surface area contributed by atoms with Crippen molar-refractivity contribution in [1.82, 2.24) is 9.21 Å². The summed E-state index contributed by atoms with van der Waals surface area (Å²) in [5.74, 6) is -1.44. The van der Waals surface area contributed by atoms with Crippen molar-refractivity contribution in [3.05, 3.63) is 40.5 Å². The number of hydrogen-bond donors (Lipinski definition) is 0. The highest BCUT2D eigenvalue weighted by molar-refractivity contribution is 7.89. The Morgan fingerprint density at radius 2 is 1.78 bits per heavy atom. The molecule has 0 unspecified atom stereocenters. The summed E-state index contributed by atoms with van der Waals surface area (Å²) < 4.78 is 70.8. The molecule has 0 radical (unpaired) electrons. The van der Waals surface area contributed by atoms with Gasteiger partial charge in [-0.25, -0.2) is 13.3 Å². The molecule has 0 spiro atoms. The number of methoxy groups -OCH3 is 1. The van der Waals surface area contributed by atoms with Crippen molar-refractivity contribution < 1.29 is 35.9 Å². The minimum absolute atomic E-state index is 0.0761. The molecule has 36 heavy (non-hydrogen) atoms. The molecule has 0 N–H and O–H groups in total. The Balaban J connectivity index is 1.60. The van der Waals surface area contributed by atoms with Crippen molar-refractivity contribution in [1.29, 1.82) is 5.26 Å². The van der Waals surface area contributed by atoms with E-state index in [0.717, 1.165) is 12.1 Å². The molecule has 196 valence electrons. The summed E-state index contributed by atoms with van der Waals surface area (Å²) >= 11 is 0. The highest BCUT2D eigenvalue weighted by Crippen LogP contribution is 2.36. The maximum absolute atomic E-state index is 13.3. The van der Waals surface area contributed by atoms with Gasteiger partial charge in [-0.1, -0.05) is 0 Å². The van der Waals surface area contributed by atoms with Crippen LogP contribution < -0.4 is 4.90 Å². The number of amides is 2. The number of halogens is 3. The predicted molar refractivity (Wildman–Crippen MR) is 124 cm³/mol. The molecule has 2 amide bonds. The van der Waals surface area contributed by atoms with E-state index in [9.17, 15) is 31.2 Å². The molecule has 0 bridgehead atoms. The third kappa shape index (κ3) is 5.95. The topological polar surface area (TPSA) is 111 Å². The molecule has 9 nitrogen and oxygen atoms in total. The van der Waals surface area contributed by atoms with Gasteiger partial charge in [-0.2, -0.15) is 22.7 Å². The molecular formula is C23H27F3N4O5S. The number of benzene rings is 1. The lowest BCUT2D eigenvalue weighted by Gasteiger charge is -2.34. The van der Waals surface area contributed by atoms with E-state index in [4.69, 9.17) is 10.00 Å². The first-order valence-electron chi connectivity index (χ1n) is 11.3. The van der Waals surface area contributed by atoms with Gasteiger partial charge in [-0.3, -0.25) is 9.59 Å². The first-order valence-corrected chi connectivity index (χ1v) is 12.9. The van der Waals surface area contributed by atoms with Gasteiger partial charge in [-0.05, 0) is 44.5 Å². The van der Waals surface area contributed by atoms with Crippen LogP contribution in [0, 0.1) is 11.3 Å². The molecule has 2 aliphatic heterocycles. The second kappa shape index (κ2) is 11.1. The van der Waals surface area contributed by atoms with Gasteiger partial charge in [0, 0.05) is 44.4 Å². The molecular weight excluding hydrogens is 501 g/mol. The number of nitrogens with zero attached hydrogens (tertiary/aromatic N) is 4. The van der Waals surface area contributed by atoms with Crippen LogP contribution in [-0.2, 0) is 30.5 Å². The lowest BCUT2D eigenvalue weighted by molar-refractivity contribution is -0.138. The third-order valence-corrected chi connectivity index (χ3v) is 8.13. The standard InChI is InChI=1S/C23H27F3N4O5S/c1-16-19(4-3-7-28-8-10-29(11-9-28)36(33,34)13-12-35-2)22(32)30(21(16)31)18-6-5-17(15-27)20(14-18)23(24,25)26/h5-6,14H,3-4,7-13H2,1-2H3. The quantitative estimate of drug-likeness (QED) is 0.452. The maximum atomic E-state index is 13.3. The smallest absolute Gasteiger partial charge is 0.384 e. The van der Waals surface area contributed by atoms with Crippen LogP contribution in [0.1, 0.15) is 30.9 Å². The van der Waals surface area contributed by atoms with Crippen LogP contribution in [0.15, 0.2) is 29.3 Å². The van der Waals surface area contributed by atoms with E-state index in [1.165, 1.54) is 24.4 Å². The minimum Gasteiger partial charge on any atom is -0.384 e. The third-order valence-electron chi connectivity index (χ3n) is 6.30. The van der Waals surface area contributed by atoms with E-state index in [2.05, 4.69) is 4.90 Å². The van der Waals surface area contributed by atoms with Crippen LogP contribution in [0.2, 0.25) is 0 Å². The lowest BCUT2D eigenvalue weighted by Crippen LogP contribution is -2.49. The van der Waals surface area contributed by atoms with E-state index in [1.54, 1.807) is 0 Å². The number of piperazine rings is 1. The van der Waals surface area contributed by atoms with E-state index in [-0.39, 0.29) is 35.6 Å². The molecule has 3 rings (SSSR count). The Bertz CT molecular complexity index is 1200. The fourth-order valence-corrected chi connectivity index (χ4v) is 5.60. The molecule has 0 atom stereocenters. The molecule has 1 fully saturated rings. The number of ether oxygens (including phenoxy) is 1. The van der Waals surface area contributed by atoms with Crippen molar-refractivity contribution in [3.63, 3.8) is 0 Å². The first-order chi connectivity index (χ1) is 16.9. The average Bonchev–Trinajstić information content (AvgIpc) is 3.05. The normalized spacial score (nSPS) is 18.3. The predicted octanol–water partition coefficient (Wildman–Crippen LogP) is 2.14. The lowest BCUT2D eigenvalue weighted by atomic mass is 10.1. The van der Waals surface area contributed by atoms with Gasteiger partial charge in [0.05, 0.1) is 35.2 Å². The van der Waals surface area contributed by atoms with Gasteiger partial charge in [0.1, 0.15) is 0 Å². The molecule has 0 aromatic heterocycles. The number of hydrogen-bond acceptors (Lipinski definition) is 7. The largest absolute Gasteiger partial charge is 0.417 e. The van der Waals surface area contributed by atoms with Gasteiger partial charge in [0.2, 0.25) is 10.0 Å². The van der Waals surface area contributed by atoms with E-state index in [1.807, 2.05) is 0 Å². The van der Waals surface area contributed by atoms with E-state index in [0.29, 0.717) is 50.1 Å². The Kier molecular flexibility index (Phi) is 8.55. The van der Waals surface area contributed by atoms with Crippen LogP contribution >= 0.6 is 0 Å². The molecule has 2 aliphatic rings. The number of rotatable bonds is 9. The summed E-state index contributed by atoms with van der Waals surface area (Å²) in [6.07, 6.45) is -4.05. The number of alkyl halides is 3. The van der Waals surface area contributed by atoms with Gasteiger partial charge >= 0.3 is 6.18 Å². The van der Waals surface area contributed by atoms with Gasteiger partial charge < -0.3 is 9.64 Å². The van der Waals surface area contributed by atoms with Crippen molar-refractivity contribution >= 4 is 27.5 Å². The number of carbonyl (C=O) groups excluding carboxylic acids is 2. The zero-order valence-corrected chi connectivity index (χ0v) is 20.8. The summed E-state index contributed by atoms with van der Waals surface area (Å²) in [5.41, 5.74) is -1.64. The molecule has 1 aromatic rings. The fourth-order valence-electron chi connectivity index (χ4n) is 4.25. The zero-order chi connectivity index (χ0) is 26.7. The number of nitriles is 1. The summed E-state index contributed by atoms with van der Waals surface area (Å²) in [4.78, 5) is 28.5. The highest BCUT2D eigenvalue weighted by Gasteiger charge is 2.39. The summed E-state index contributed by atoms with van der Waals surface area (Å²) in [5, 5.41) is 8.97. The molecule has 0 aliphatic carbocycles. The van der Waals surface area contributed by atoms with Crippen LogP contribution in [0.25, 0.3) is 0 Å². The van der Waals surface area contributed by atoms with Gasteiger partial charge in [-0.15, -0.1) is 0 Å². The van der Waals surface area contributed by atoms with Crippen molar-refractivity contribution in [3.8, 4) is 6.07 Å². The Hall–Kier alpha value is -2.79. The summed E-state index contributed by atoms with van der Waals surface area (Å²) in [7, 11) is -1.93. The Morgan fingerprint density at radius 3 is 2.36 bits per heavy atom. The first kappa shape index (κ1) is 27.8. The second-order valence-corrected chi connectivity index (χ2v) is 10.6. The van der Waals surface area contributed by atoms with Gasteiger partial charge in [0.15, 0.2) is 0 Å². The average molecular weight is 529 g/mol. The molecule has 0 saturated carbocycles. The SMILES string of the molecule is COCCS(=O)(=O)N1CCN(CCCC2=C(C)C(=O)N(c3ccc(C#N)c(C(F)(F)F)c3)C2=O)CC1. The van der Waals surface area contributed by atoms with E-state index >= 15 is 0 Å². The molecule has 13 heteroatoms. The highest BCUT2D eigenvalue weighted by atomic mass is 32.2. The van der Waals surface area contributed by atoms with Crippen LogP contribution in [0.3, 0.4) is 0 Å². The van der Waals surface area contributed by atoms with Crippen LogP contribution in [0.5, 0.6) is 0 Å². The van der Waals surface area contributed by atoms with Crippen molar-refractivity contribution in [2.45, 2.75) is 25.9 Å². The van der Waals surface area contributed by atoms with Crippen molar-refractivity contribution in [2.24, 2.45) is 0 Å². The number of sulfonamides is 1. The monoisotopic (exact) mass is 528 g/mol. The summed E-state index contributed by atoms with van der Waals surface area (Å²) in [6, 6.07) is 4.22. The minimum atomic E-state index is -4.81. The Labute approximate surface area is 207 Å². The maximum Gasteiger partial charge on any atom is 0.417 e. The summed E-state index contributed by atoms with van der Waals surface area (Å²) in [6.45, 7) is 3.90. The number of carbonyl (C=O) groups is 2. The molecule has 2 heterocycles. The van der Waals surface area contributed by atoms with Gasteiger partial charge in [0.25, 0.3) is 11.8 Å². The zero-order valence-electron chi connectivity index (χ0n) is 20.0. The Morgan fingerprint density at radius 1 is 1.11 bits per heavy atom. The number of imide groups is 1. The molecule has 1 aromatic carbocycles. The van der Waals surface area contributed by atoms with E-state index < -0.39 is 39.1 Å². The fraction of sp³-hybridized carbons (Fsp3) is 0.522. The van der Waals surface area contributed by atoms with Crippen molar-refractivity contribution in [2.75, 3.05) is 57.1 Å². The van der Waals surface area contributed by atoms with Crippen LogP contribution in [-0.4, -0.2) is 81.6 Å².